The van der Waals surface area contributed by atoms with Crippen LogP contribution in [0.1, 0.15) is 88.7 Å². The normalized spacial score (nSPS) is 21.2. The Bertz CT molecular complexity index is 2270. The van der Waals surface area contributed by atoms with Crippen LogP contribution in [0.4, 0.5) is 11.4 Å². The molecule has 0 saturated carbocycles. The molecule has 5 amide bonds. The Hall–Kier alpha value is -5.83. The van der Waals surface area contributed by atoms with Crippen molar-refractivity contribution in [3.05, 3.63) is 82.8 Å². The zero-order valence-corrected chi connectivity index (χ0v) is 31.1. The summed E-state index contributed by atoms with van der Waals surface area (Å²) < 4.78 is 7.65. The van der Waals surface area contributed by atoms with Gasteiger partial charge in [0.15, 0.2) is 5.65 Å². The van der Waals surface area contributed by atoms with E-state index in [1.165, 1.54) is 6.20 Å². The molecule has 4 aromatic rings. The van der Waals surface area contributed by atoms with Gasteiger partial charge >= 0.3 is 0 Å². The summed E-state index contributed by atoms with van der Waals surface area (Å²) in [6.45, 7) is 10.3. The summed E-state index contributed by atoms with van der Waals surface area (Å²) in [5.41, 5.74) is 5.29. The number of benzene rings is 2. The molecule has 3 saturated heterocycles. The number of piperidine rings is 2. The van der Waals surface area contributed by atoms with Crippen LogP contribution in [0.5, 0.6) is 5.75 Å². The highest BCUT2D eigenvalue weighted by Crippen LogP contribution is 2.40. The fourth-order valence-corrected chi connectivity index (χ4v) is 8.92. The summed E-state index contributed by atoms with van der Waals surface area (Å²) >= 11 is 0. The minimum atomic E-state index is -0.629. The zero-order valence-electron chi connectivity index (χ0n) is 31.1. The van der Waals surface area contributed by atoms with Gasteiger partial charge < -0.3 is 24.8 Å². The van der Waals surface area contributed by atoms with Crippen molar-refractivity contribution in [1.82, 2.24) is 34.6 Å². The lowest BCUT2D eigenvalue weighted by Gasteiger charge is -2.57. The van der Waals surface area contributed by atoms with Gasteiger partial charge in [-0.3, -0.25) is 34.2 Å². The third-order valence-electron chi connectivity index (χ3n) is 11.8. The van der Waals surface area contributed by atoms with E-state index in [2.05, 4.69) is 43.5 Å². The highest BCUT2D eigenvalue weighted by Gasteiger charge is 2.47. The van der Waals surface area contributed by atoms with E-state index in [1.807, 2.05) is 36.9 Å². The van der Waals surface area contributed by atoms with Crippen LogP contribution >= 0.6 is 0 Å². The molecule has 0 radical (unpaired) electrons. The summed E-state index contributed by atoms with van der Waals surface area (Å²) in [6, 6.07) is 10.7. The van der Waals surface area contributed by atoms with Gasteiger partial charge in [-0.1, -0.05) is 0 Å². The summed E-state index contributed by atoms with van der Waals surface area (Å²) in [4.78, 5) is 77.3. The number of carbonyl (C=O) groups is 5. The van der Waals surface area contributed by atoms with Crippen LogP contribution in [0, 0.1) is 0 Å². The van der Waals surface area contributed by atoms with Crippen molar-refractivity contribution in [2.45, 2.75) is 83.3 Å². The molecule has 5 aliphatic rings. The van der Waals surface area contributed by atoms with Gasteiger partial charge in [0.25, 0.3) is 17.7 Å². The van der Waals surface area contributed by atoms with Crippen LogP contribution in [-0.4, -0.2) is 109 Å². The van der Waals surface area contributed by atoms with Gasteiger partial charge in [0.1, 0.15) is 17.4 Å². The average molecular weight is 746 g/mol. The van der Waals surface area contributed by atoms with Gasteiger partial charge in [-0.2, -0.15) is 5.10 Å². The van der Waals surface area contributed by atoms with Crippen molar-refractivity contribution >= 4 is 46.6 Å². The number of carbonyl (C=O) groups excluding carboxylic acids is 5. The molecule has 0 spiro atoms. The van der Waals surface area contributed by atoms with Gasteiger partial charge in [0.05, 0.1) is 23.5 Å². The first kappa shape index (κ1) is 34.9. The van der Waals surface area contributed by atoms with Gasteiger partial charge in [0.2, 0.25) is 11.8 Å². The monoisotopic (exact) mass is 745 g/mol. The van der Waals surface area contributed by atoms with E-state index in [9.17, 15) is 24.0 Å². The molecule has 2 N–H and O–H groups in total. The number of rotatable bonds is 8. The minimum Gasteiger partial charge on any atom is -0.489 e. The smallest absolute Gasteiger partial charge is 0.261 e. The molecule has 3 fully saturated rings. The topological polar surface area (TPSA) is 162 Å². The standard InChI is InChI=1S/C40H43N9O6/c1-23(2)55-33-17-29-25(16-31(33)43-36(51)30-18-42-49-12-4-11-41-35(30)49)19-47(39(29)54)26-9-13-46(14-10-26)40(3)21-45(22-40)27-5-6-28-24(15-27)20-48(38(28)53)32-7-8-34(50)44-37(32)52/h4-6,11-12,15-18,23,26,32H,7-10,13-14,19-22H2,1-3H3,(H,43,51)(H,44,50,52). The molecule has 7 heterocycles. The molecule has 2 aromatic carbocycles. The van der Waals surface area contributed by atoms with Crippen molar-refractivity contribution in [1.29, 1.82) is 0 Å². The first-order chi connectivity index (χ1) is 26.5. The van der Waals surface area contributed by atoms with Crippen LogP contribution in [0.3, 0.4) is 0 Å². The Morgan fingerprint density at radius 1 is 0.964 bits per heavy atom. The second kappa shape index (κ2) is 13.2. The van der Waals surface area contributed by atoms with E-state index in [1.54, 1.807) is 33.9 Å². The predicted octanol–water partition coefficient (Wildman–Crippen LogP) is 3.23. The Morgan fingerprint density at radius 2 is 1.71 bits per heavy atom. The minimum absolute atomic E-state index is 0.0148. The largest absolute Gasteiger partial charge is 0.489 e. The molecule has 284 valence electrons. The van der Waals surface area contributed by atoms with E-state index >= 15 is 0 Å². The van der Waals surface area contributed by atoms with Crippen molar-refractivity contribution in [3.63, 3.8) is 0 Å². The Balaban J connectivity index is 0.828. The fourth-order valence-electron chi connectivity index (χ4n) is 8.92. The van der Waals surface area contributed by atoms with Crippen molar-refractivity contribution in [2.75, 3.05) is 36.4 Å². The molecule has 1 unspecified atom stereocenters. The Morgan fingerprint density at radius 3 is 2.47 bits per heavy atom. The SMILES string of the molecule is CC(C)Oc1cc2c(cc1NC(=O)c1cnn3cccnc13)CN(C1CCN(C3(C)CN(c4ccc5c(c4)CN(C4CCC(=O)NC4=O)C5=O)C3)CC1)C2=O. The predicted molar refractivity (Wildman–Crippen MR) is 201 cm³/mol. The second-order valence-corrected chi connectivity index (χ2v) is 15.8. The first-order valence-electron chi connectivity index (χ1n) is 19.0. The molecule has 0 bridgehead atoms. The average Bonchev–Trinajstić information content (AvgIpc) is 3.83. The number of imide groups is 1. The van der Waals surface area contributed by atoms with Crippen LogP contribution in [0.25, 0.3) is 5.65 Å². The van der Waals surface area contributed by atoms with Crippen LogP contribution in [0.2, 0.25) is 0 Å². The molecule has 5 aliphatic heterocycles. The lowest BCUT2D eigenvalue weighted by molar-refractivity contribution is -0.136. The van der Waals surface area contributed by atoms with E-state index in [0.29, 0.717) is 53.3 Å². The zero-order chi connectivity index (χ0) is 38.2. The lowest BCUT2D eigenvalue weighted by Crippen LogP contribution is -2.70. The molecule has 0 aliphatic carbocycles. The van der Waals surface area contributed by atoms with E-state index in [0.717, 1.165) is 55.8 Å². The van der Waals surface area contributed by atoms with Crippen LogP contribution < -0.4 is 20.3 Å². The maximum Gasteiger partial charge on any atom is 0.261 e. The van der Waals surface area contributed by atoms with Gasteiger partial charge in [0, 0.05) is 80.9 Å². The van der Waals surface area contributed by atoms with Gasteiger partial charge in [-0.15, -0.1) is 0 Å². The first-order valence-corrected chi connectivity index (χ1v) is 19.0. The Kier molecular flexibility index (Phi) is 8.37. The highest BCUT2D eigenvalue weighted by molar-refractivity contribution is 6.09. The number of likely N-dealkylation sites (tertiary alicyclic amines) is 1. The highest BCUT2D eigenvalue weighted by atomic mass is 16.5. The maximum atomic E-state index is 13.9. The number of hydrogen-bond acceptors (Lipinski definition) is 10. The van der Waals surface area contributed by atoms with Crippen molar-refractivity contribution in [3.8, 4) is 5.75 Å². The molecular formula is C40H43N9O6. The molecule has 15 nitrogen and oxygen atoms in total. The van der Waals surface area contributed by atoms with Crippen molar-refractivity contribution < 1.29 is 28.7 Å². The van der Waals surface area contributed by atoms with Gasteiger partial charge in [-0.05, 0) is 87.6 Å². The van der Waals surface area contributed by atoms with Crippen molar-refractivity contribution in [2.24, 2.45) is 0 Å². The number of ether oxygens (including phenoxy) is 1. The fraction of sp³-hybridized carbons (Fsp3) is 0.425. The maximum absolute atomic E-state index is 13.9. The van der Waals surface area contributed by atoms with E-state index in [-0.39, 0.29) is 47.7 Å². The van der Waals surface area contributed by atoms with E-state index in [4.69, 9.17) is 4.74 Å². The summed E-state index contributed by atoms with van der Waals surface area (Å²) in [6.07, 6.45) is 6.95. The summed E-state index contributed by atoms with van der Waals surface area (Å²) in [5.74, 6) is -0.795. The van der Waals surface area contributed by atoms with Crippen LogP contribution in [-0.2, 0) is 22.7 Å². The summed E-state index contributed by atoms with van der Waals surface area (Å²) in [5, 5.41) is 9.59. The number of hydrogen-bond donors (Lipinski definition) is 2. The third-order valence-corrected chi connectivity index (χ3v) is 11.8. The number of anilines is 2. The quantitative estimate of drug-likeness (QED) is 0.256. The molecule has 15 heteroatoms. The second-order valence-electron chi connectivity index (χ2n) is 15.8. The number of fused-ring (bicyclic) bond motifs is 3. The molecule has 2 aromatic heterocycles. The number of nitrogens with zero attached hydrogens (tertiary/aromatic N) is 7. The number of amides is 5. The summed E-state index contributed by atoms with van der Waals surface area (Å²) in [7, 11) is 0. The molecule has 1 atom stereocenters. The number of nitrogens with one attached hydrogen (secondary N) is 2. The molecular weight excluding hydrogens is 702 g/mol. The van der Waals surface area contributed by atoms with Gasteiger partial charge in [-0.25, -0.2) is 9.50 Å². The van der Waals surface area contributed by atoms with E-state index < -0.39 is 11.9 Å². The molecule has 9 rings (SSSR count). The van der Waals surface area contributed by atoms with Crippen LogP contribution in [0.15, 0.2) is 55.0 Å². The number of aromatic nitrogens is 3. The molecule has 55 heavy (non-hydrogen) atoms. The third kappa shape index (κ3) is 6.06. The lowest BCUT2D eigenvalue weighted by atomic mass is 9.86. The Labute approximate surface area is 317 Å².